The number of benzene rings is 1. The Hall–Kier alpha value is -0.570. The summed E-state index contributed by atoms with van der Waals surface area (Å²) < 4.78 is 0. The minimum Gasteiger partial charge on any atom is -0.385 e. The maximum Gasteiger partial charge on any atom is 0.0881 e. The van der Waals surface area contributed by atoms with Crippen LogP contribution in [0.15, 0.2) is 24.3 Å². The van der Waals surface area contributed by atoms with Gasteiger partial charge >= 0.3 is 0 Å². The van der Waals surface area contributed by atoms with Gasteiger partial charge in [-0.2, -0.15) is 0 Å². The Morgan fingerprint density at radius 3 is 2.80 bits per heavy atom. The normalized spacial score (nSPS) is 14.9. The molecule has 0 saturated carbocycles. The number of halogens is 1. The van der Waals surface area contributed by atoms with E-state index in [9.17, 15) is 5.11 Å². The summed E-state index contributed by atoms with van der Waals surface area (Å²) in [5.74, 6) is 0. The molecule has 0 amide bonds. The molecule has 1 aromatic rings. The van der Waals surface area contributed by atoms with E-state index in [1.165, 1.54) is 0 Å². The predicted octanol–water partition coefficient (Wildman–Crippen LogP) is 2.55. The van der Waals surface area contributed by atoms with Crippen LogP contribution in [0.4, 0.5) is 0 Å². The lowest BCUT2D eigenvalue weighted by molar-refractivity contribution is 0.0482. The van der Waals surface area contributed by atoms with Crippen LogP contribution in [0.5, 0.6) is 0 Å². The molecule has 1 unspecified atom stereocenters. The Labute approximate surface area is 96.3 Å². The highest BCUT2D eigenvalue weighted by Crippen LogP contribution is 2.25. The Morgan fingerprint density at radius 2 is 2.20 bits per heavy atom. The molecule has 0 aromatic heterocycles. The maximum absolute atomic E-state index is 10.2. The second kappa shape index (κ2) is 5.50. The fourth-order valence-corrected chi connectivity index (χ4v) is 1.67. The van der Waals surface area contributed by atoms with E-state index in [4.69, 9.17) is 11.6 Å². The summed E-state index contributed by atoms with van der Waals surface area (Å²) in [5.41, 5.74) is 0.0560. The van der Waals surface area contributed by atoms with Gasteiger partial charge in [0.25, 0.3) is 0 Å². The van der Waals surface area contributed by atoms with E-state index in [1.54, 1.807) is 0 Å². The Morgan fingerprint density at radius 1 is 1.47 bits per heavy atom. The maximum atomic E-state index is 10.2. The number of nitrogens with one attached hydrogen (secondary N) is 1. The van der Waals surface area contributed by atoms with Crippen molar-refractivity contribution in [2.75, 3.05) is 13.1 Å². The molecule has 0 aliphatic rings. The summed E-state index contributed by atoms with van der Waals surface area (Å²) in [7, 11) is 0. The highest BCUT2D eigenvalue weighted by molar-refractivity contribution is 6.30. The summed E-state index contributed by atoms with van der Waals surface area (Å²) in [6, 6.07) is 7.39. The average Bonchev–Trinajstić information content (AvgIpc) is 2.18. The van der Waals surface area contributed by atoms with Gasteiger partial charge in [0.05, 0.1) is 5.60 Å². The van der Waals surface area contributed by atoms with Crippen molar-refractivity contribution >= 4 is 11.6 Å². The summed E-state index contributed by atoms with van der Waals surface area (Å²) >= 11 is 5.89. The van der Waals surface area contributed by atoms with Gasteiger partial charge in [-0.05, 0) is 44.1 Å². The van der Waals surface area contributed by atoms with E-state index in [2.05, 4.69) is 5.32 Å². The van der Waals surface area contributed by atoms with Crippen molar-refractivity contribution in [2.24, 2.45) is 0 Å². The molecule has 0 radical (unpaired) electrons. The van der Waals surface area contributed by atoms with Crippen LogP contribution in [0, 0.1) is 0 Å². The summed E-state index contributed by atoms with van der Waals surface area (Å²) in [6.07, 6.45) is 0.682. The highest BCUT2D eigenvalue weighted by Gasteiger charge is 2.22. The van der Waals surface area contributed by atoms with Crippen LogP contribution in [-0.2, 0) is 5.60 Å². The van der Waals surface area contributed by atoms with Crippen molar-refractivity contribution in [3.8, 4) is 0 Å². The van der Waals surface area contributed by atoms with E-state index in [0.29, 0.717) is 11.4 Å². The molecule has 15 heavy (non-hydrogen) atoms. The van der Waals surface area contributed by atoms with Gasteiger partial charge in [0.2, 0.25) is 0 Å². The first kappa shape index (κ1) is 12.5. The molecule has 84 valence electrons. The monoisotopic (exact) mass is 227 g/mol. The average molecular weight is 228 g/mol. The third-order valence-corrected chi connectivity index (χ3v) is 2.72. The van der Waals surface area contributed by atoms with Crippen molar-refractivity contribution in [3.05, 3.63) is 34.9 Å². The first-order chi connectivity index (χ1) is 7.06. The van der Waals surface area contributed by atoms with Gasteiger partial charge < -0.3 is 10.4 Å². The van der Waals surface area contributed by atoms with E-state index in [-0.39, 0.29) is 0 Å². The highest BCUT2D eigenvalue weighted by atomic mass is 35.5. The van der Waals surface area contributed by atoms with Crippen LogP contribution in [-0.4, -0.2) is 18.2 Å². The number of rotatable bonds is 5. The minimum absolute atomic E-state index is 0.663. The van der Waals surface area contributed by atoms with Crippen LogP contribution in [0.25, 0.3) is 0 Å². The van der Waals surface area contributed by atoms with Crippen LogP contribution < -0.4 is 5.32 Å². The van der Waals surface area contributed by atoms with Crippen LogP contribution in [0.1, 0.15) is 25.8 Å². The molecule has 1 aromatic carbocycles. The topological polar surface area (TPSA) is 32.3 Å². The van der Waals surface area contributed by atoms with E-state index in [0.717, 1.165) is 18.7 Å². The van der Waals surface area contributed by atoms with Gasteiger partial charge in [-0.15, -0.1) is 0 Å². The molecule has 0 bridgehead atoms. The second-order valence-electron chi connectivity index (χ2n) is 3.89. The first-order valence-electron chi connectivity index (χ1n) is 5.25. The van der Waals surface area contributed by atoms with Crippen molar-refractivity contribution in [3.63, 3.8) is 0 Å². The Kier molecular flexibility index (Phi) is 4.58. The molecule has 0 spiro atoms. The number of hydrogen-bond acceptors (Lipinski definition) is 2. The summed E-state index contributed by atoms with van der Waals surface area (Å²) in [6.45, 7) is 5.59. The molecular weight excluding hydrogens is 210 g/mol. The third kappa shape index (κ3) is 3.82. The molecule has 3 heteroatoms. The molecule has 0 aliphatic heterocycles. The molecule has 1 rings (SSSR count). The van der Waals surface area contributed by atoms with Gasteiger partial charge in [-0.1, -0.05) is 30.7 Å². The lowest BCUT2D eigenvalue weighted by atomic mass is 9.92. The van der Waals surface area contributed by atoms with Crippen LogP contribution in [0.3, 0.4) is 0 Å². The molecule has 0 aliphatic carbocycles. The quantitative estimate of drug-likeness (QED) is 0.758. The fraction of sp³-hybridized carbons (Fsp3) is 0.500. The molecule has 2 nitrogen and oxygen atoms in total. The second-order valence-corrected chi connectivity index (χ2v) is 4.32. The lowest BCUT2D eigenvalue weighted by Gasteiger charge is -2.24. The van der Waals surface area contributed by atoms with Crippen LogP contribution in [0.2, 0.25) is 5.02 Å². The van der Waals surface area contributed by atoms with Gasteiger partial charge in [0.15, 0.2) is 0 Å². The molecular formula is C12H18ClNO. The van der Waals surface area contributed by atoms with E-state index < -0.39 is 5.60 Å². The van der Waals surface area contributed by atoms with Crippen molar-refractivity contribution in [1.82, 2.24) is 5.32 Å². The summed E-state index contributed by atoms with van der Waals surface area (Å²) in [4.78, 5) is 0. The number of aliphatic hydroxyl groups is 1. The van der Waals surface area contributed by atoms with Gasteiger partial charge in [-0.25, -0.2) is 0 Å². The standard InChI is InChI=1S/C12H18ClNO/c1-3-14-8-7-12(2,15)10-5-4-6-11(13)9-10/h4-6,9,14-15H,3,7-8H2,1-2H3. The van der Waals surface area contributed by atoms with Gasteiger partial charge in [-0.3, -0.25) is 0 Å². The number of hydrogen-bond donors (Lipinski definition) is 2. The van der Waals surface area contributed by atoms with Crippen molar-refractivity contribution in [2.45, 2.75) is 25.9 Å². The zero-order chi connectivity index (χ0) is 11.3. The fourth-order valence-electron chi connectivity index (χ4n) is 1.48. The molecule has 1 atom stereocenters. The molecule has 2 N–H and O–H groups in total. The smallest absolute Gasteiger partial charge is 0.0881 e. The van der Waals surface area contributed by atoms with Crippen molar-refractivity contribution in [1.29, 1.82) is 0 Å². The first-order valence-corrected chi connectivity index (χ1v) is 5.63. The van der Waals surface area contributed by atoms with Gasteiger partial charge in [0.1, 0.15) is 0 Å². The molecule has 0 heterocycles. The minimum atomic E-state index is -0.812. The van der Waals surface area contributed by atoms with E-state index >= 15 is 0 Å². The predicted molar refractivity (Wildman–Crippen MR) is 64.2 cm³/mol. The van der Waals surface area contributed by atoms with E-state index in [1.807, 2.05) is 38.1 Å². The van der Waals surface area contributed by atoms with Crippen molar-refractivity contribution < 1.29 is 5.11 Å². The van der Waals surface area contributed by atoms with Crippen LogP contribution >= 0.6 is 11.6 Å². The Balaban J connectivity index is 2.67. The zero-order valence-electron chi connectivity index (χ0n) is 9.26. The third-order valence-electron chi connectivity index (χ3n) is 2.49. The Bertz CT molecular complexity index is 312. The van der Waals surface area contributed by atoms with Gasteiger partial charge in [0, 0.05) is 5.02 Å². The largest absolute Gasteiger partial charge is 0.385 e. The SMILES string of the molecule is CCNCCC(C)(O)c1cccc(Cl)c1. The zero-order valence-corrected chi connectivity index (χ0v) is 10.0. The summed E-state index contributed by atoms with van der Waals surface area (Å²) in [5, 5.41) is 14.1. The molecule has 0 fully saturated rings. The lowest BCUT2D eigenvalue weighted by Crippen LogP contribution is -2.27. The molecule has 0 saturated heterocycles.